The summed E-state index contributed by atoms with van der Waals surface area (Å²) in [6.45, 7) is 10.4. The molecule has 1 aromatic heterocycles. The third-order valence-corrected chi connectivity index (χ3v) is 4.74. The van der Waals surface area contributed by atoms with Crippen LogP contribution in [0.1, 0.15) is 56.1 Å². The number of hydrogen-bond acceptors (Lipinski definition) is 4. The molecule has 1 aliphatic rings. The van der Waals surface area contributed by atoms with Gasteiger partial charge in [-0.3, -0.25) is 4.79 Å². The van der Waals surface area contributed by atoms with Crippen LogP contribution in [-0.2, 0) is 10.2 Å². The zero-order chi connectivity index (χ0) is 14.2. The van der Waals surface area contributed by atoms with Crippen LogP contribution in [0.4, 0.5) is 0 Å². The number of aryl methyl sites for hydroxylation is 1. The Morgan fingerprint density at radius 2 is 2.05 bits per heavy atom. The van der Waals surface area contributed by atoms with Crippen molar-refractivity contribution in [3.05, 3.63) is 15.6 Å². The number of carbonyl (C=O) groups is 1. The van der Waals surface area contributed by atoms with Crippen LogP contribution in [0.25, 0.3) is 0 Å². The Kier molecular flexibility index (Phi) is 3.76. The van der Waals surface area contributed by atoms with Crippen molar-refractivity contribution in [2.24, 2.45) is 11.0 Å². The van der Waals surface area contributed by atoms with E-state index in [0.29, 0.717) is 0 Å². The molecular weight excluding hydrogens is 258 g/mol. The van der Waals surface area contributed by atoms with Crippen molar-refractivity contribution in [2.75, 3.05) is 0 Å². The summed E-state index contributed by atoms with van der Waals surface area (Å²) in [5.74, 6) is 0.224. The molecular formula is C14H21N3OS. The molecule has 0 aromatic carbocycles. The van der Waals surface area contributed by atoms with Crippen LogP contribution in [0.2, 0.25) is 0 Å². The van der Waals surface area contributed by atoms with E-state index < -0.39 is 0 Å². The molecule has 0 radical (unpaired) electrons. The minimum absolute atomic E-state index is 0.0394. The highest BCUT2D eigenvalue weighted by Gasteiger charge is 2.29. The van der Waals surface area contributed by atoms with Crippen LogP contribution in [0.5, 0.6) is 0 Å². The van der Waals surface area contributed by atoms with Crippen LogP contribution in [-0.4, -0.2) is 16.6 Å². The molecule has 0 saturated heterocycles. The van der Waals surface area contributed by atoms with E-state index in [9.17, 15) is 4.79 Å². The van der Waals surface area contributed by atoms with Crippen molar-refractivity contribution in [2.45, 2.75) is 52.9 Å². The Labute approximate surface area is 118 Å². The van der Waals surface area contributed by atoms with Crippen LogP contribution < -0.4 is 5.43 Å². The van der Waals surface area contributed by atoms with Gasteiger partial charge < -0.3 is 0 Å². The minimum atomic E-state index is 0.0394. The summed E-state index contributed by atoms with van der Waals surface area (Å²) < 4.78 is 0. The zero-order valence-electron chi connectivity index (χ0n) is 12.2. The first-order valence-corrected chi connectivity index (χ1v) is 7.43. The van der Waals surface area contributed by atoms with Crippen LogP contribution in [0, 0.1) is 12.8 Å². The maximum absolute atomic E-state index is 11.6. The molecule has 0 spiro atoms. The van der Waals surface area contributed by atoms with Gasteiger partial charge in [-0.05, 0) is 26.7 Å². The van der Waals surface area contributed by atoms with E-state index in [1.165, 1.54) is 0 Å². The third-order valence-electron chi connectivity index (χ3n) is 3.05. The number of rotatable bonds is 3. The topological polar surface area (TPSA) is 54.4 Å². The van der Waals surface area contributed by atoms with E-state index in [-0.39, 0.29) is 17.2 Å². The van der Waals surface area contributed by atoms with E-state index in [4.69, 9.17) is 0 Å². The molecule has 104 valence electrons. The quantitative estimate of drug-likeness (QED) is 0.683. The Morgan fingerprint density at radius 1 is 1.42 bits per heavy atom. The fraction of sp³-hybridized carbons (Fsp3) is 0.643. The first-order chi connectivity index (χ1) is 8.79. The van der Waals surface area contributed by atoms with Crippen molar-refractivity contribution >= 4 is 23.0 Å². The fourth-order valence-electron chi connectivity index (χ4n) is 1.68. The summed E-state index contributed by atoms with van der Waals surface area (Å²) in [5.41, 5.74) is 4.51. The summed E-state index contributed by atoms with van der Waals surface area (Å²) in [6.07, 6.45) is 1.99. The van der Waals surface area contributed by atoms with Crippen molar-refractivity contribution in [1.82, 2.24) is 10.4 Å². The highest BCUT2D eigenvalue weighted by atomic mass is 32.1. The van der Waals surface area contributed by atoms with Gasteiger partial charge in [-0.2, -0.15) is 5.10 Å². The Bertz CT molecular complexity index is 521. The van der Waals surface area contributed by atoms with Gasteiger partial charge in [-0.15, -0.1) is 11.3 Å². The van der Waals surface area contributed by atoms with E-state index >= 15 is 0 Å². The van der Waals surface area contributed by atoms with Gasteiger partial charge in [0.15, 0.2) is 0 Å². The highest BCUT2D eigenvalue weighted by Crippen LogP contribution is 2.30. The Balaban J connectivity index is 2.14. The second kappa shape index (κ2) is 5.04. The normalized spacial score (nSPS) is 16.6. The molecule has 2 rings (SSSR count). The smallest absolute Gasteiger partial charge is 0.243 e. The number of carbonyl (C=O) groups excluding carboxylic acids is 1. The first kappa shape index (κ1) is 14.2. The minimum Gasteiger partial charge on any atom is -0.273 e. The lowest BCUT2D eigenvalue weighted by Crippen LogP contribution is -2.20. The molecule has 1 heterocycles. The number of amides is 1. The van der Waals surface area contributed by atoms with Gasteiger partial charge in [-0.25, -0.2) is 10.4 Å². The fourth-order valence-corrected chi connectivity index (χ4v) is 2.75. The third kappa shape index (κ3) is 3.41. The average Bonchev–Trinajstić information content (AvgIpc) is 3.07. The first-order valence-electron chi connectivity index (χ1n) is 6.61. The lowest BCUT2D eigenvalue weighted by molar-refractivity contribution is -0.122. The van der Waals surface area contributed by atoms with E-state index in [2.05, 4.69) is 36.3 Å². The molecule has 0 aliphatic heterocycles. The van der Waals surface area contributed by atoms with Crippen LogP contribution >= 0.6 is 11.3 Å². The molecule has 0 atom stereocenters. The monoisotopic (exact) mass is 279 g/mol. The summed E-state index contributed by atoms with van der Waals surface area (Å²) in [6, 6.07) is 0. The van der Waals surface area contributed by atoms with Gasteiger partial charge in [0.25, 0.3) is 0 Å². The number of nitrogens with zero attached hydrogens (tertiary/aromatic N) is 2. The summed E-state index contributed by atoms with van der Waals surface area (Å²) >= 11 is 1.66. The van der Waals surface area contributed by atoms with Gasteiger partial charge in [0.2, 0.25) is 5.91 Å². The van der Waals surface area contributed by atoms with E-state index in [1.807, 2.05) is 13.8 Å². The molecule has 4 nitrogen and oxygen atoms in total. The molecule has 1 aromatic rings. The molecule has 0 unspecified atom stereocenters. The predicted molar refractivity (Wildman–Crippen MR) is 78.6 cm³/mol. The average molecular weight is 279 g/mol. The molecule has 1 amide bonds. The predicted octanol–water partition coefficient (Wildman–Crippen LogP) is 3.00. The molecule has 1 saturated carbocycles. The number of thiazole rings is 1. The lowest BCUT2D eigenvalue weighted by Gasteiger charge is -2.13. The van der Waals surface area contributed by atoms with Crippen molar-refractivity contribution in [3.8, 4) is 0 Å². The Morgan fingerprint density at radius 3 is 2.53 bits per heavy atom. The second-order valence-corrected chi connectivity index (χ2v) is 7.13. The van der Waals surface area contributed by atoms with Crippen LogP contribution in [0.15, 0.2) is 5.10 Å². The number of hydrogen-bond donors (Lipinski definition) is 1. The second-order valence-electron chi connectivity index (χ2n) is 6.13. The van der Waals surface area contributed by atoms with Gasteiger partial charge in [0.05, 0.1) is 21.3 Å². The molecule has 19 heavy (non-hydrogen) atoms. The molecule has 1 fully saturated rings. The van der Waals surface area contributed by atoms with Gasteiger partial charge in [0.1, 0.15) is 0 Å². The summed E-state index contributed by atoms with van der Waals surface area (Å²) in [5, 5.41) is 5.30. The lowest BCUT2D eigenvalue weighted by atomic mass is 9.98. The summed E-state index contributed by atoms with van der Waals surface area (Å²) in [7, 11) is 0. The van der Waals surface area contributed by atoms with Crippen molar-refractivity contribution < 1.29 is 4.79 Å². The van der Waals surface area contributed by atoms with Gasteiger partial charge in [0, 0.05) is 11.3 Å². The number of aromatic nitrogens is 1. The molecule has 0 bridgehead atoms. The molecule has 1 aliphatic carbocycles. The van der Waals surface area contributed by atoms with E-state index in [1.54, 1.807) is 11.3 Å². The Hall–Kier alpha value is -1.23. The van der Waals surface area contributed by atoms with Crippen molar-refractivity contribution in [3.63, 3.8) is 0 Å². The number of hydrazone groups is 1. The molecule has 1 N–H and O–H groups in total. The maximum atomic E-state index is 11.6. The maximum Gasteiger partial charge on any atom is 0.243 e. The largest absolute Gasteiger partial charge is 0.273 e. The molecule has 5 heteroatoms. The van der Waals surface area contributed by atoms with Gasteiger partial charge in [-0.1, -0.05) is 20.8 Å². The van der Waals surface area contributed by atoms with E-state index in [0.717, 1.165) is 34.1 Å². The summed E-state index contributed by atoms with van der Waals surface area (Å²) in [4.78, 5) is 17.2. The van der Waals surface area contributed by atoms with Crippen molar-refractivity contribution in [1.29, 1.82) is 0 Å². The van der Waals surface area contributed by atoms with Gasteiger partial charge >= 0.3 is 0 Å². The highest BCUT2D eigenvalue weighted by molar-refractivity contribution is 7.14. The standard InChI is InChI=1S/C14H21N3OS/c1-8-11(19-13(15-8)14(3,4)5)9(2)16-17-12(18)10-6-7-10/h10H,6-7H2,1-5H3,(H,17,18). The number of nitrogens with one attached hydrogen (secondary N) is 1. The SMILES string of the molecule is CC(=NNC(=O)C1CC1)c1sc(C(C)(C)C)nc1C. The zero-order valence-corrected chi connectivity index (χ0v) is 13.0. The van der Waals surface area contributed by atoms with Crippen LogP contribution in [0.3, 0.4) is 0 Å².